The number of rotatable bonds is 1. The minimum Gasteiger partial charge on any atom is -0.494 e. The number of thioether (sulfide) groups is 1. The monoisotopic (exact) mass is 384 g/mol. The quantitative estimate of drug-likeness (QED) is 0.735. The Morgan fingerprint density at radius 2 is 2.23 bits per heavy atom. The maximum atomic E-state index is 15.0. The molecule has 3 nitrogen and oxygen atoms in total. The molecule has 0 amide bonds. The Kier molecular flexibility index (Phi) is 3.77. The molecule has 6 heteroatoms. The van der Waals surface area contributed by atoms with Crippen molar-refractivity contribution in [2.24, 2.45) is 4.99 Å². The minimum absolute atomic E-state index is 0.0918. The summed E-state index contributed by atoms with van der Waals surface area (Å²) in [5.74, 6) is 3.96. The molecule has 1 N–H and O–H groups in total. The molecule has 1 unspecified atom stereocenters. The Balaban J connectivity index is 1.80. The van der Waals surface area contributed by atoms with Crippen molar-refractivity contribution < 1.29 is 9.13 Å². The number of thiophene rings is 1. The van der Waals surface area contributed by atoms with Crippen LogP contribution in [0.4, 0.5) is 4.39 Å². The van der Waals surface area contributed by atoms with Gasteiger partial charge in [-0.1, -0.05) is 11.8 Å². The van der Waals surface area contributed by atoms with Gasteiger partial charge < -0.3 is 10.1 Å². The van der Waals surface area contributed by atoms with E-state index in [1.165, 1.54) is 17.6 Å². The highest BCUT2D eigenvalue weighted by Crippen LogP contribution is 2.47. The Hall–Kier alpha value is -1.97. The highest BCUT2D eigenvalue weighted by atomic mass is 32.2. The first-order valence-corrected chi connectivity index (χ1v) is 10.5. The third-order valence-electron chi connectivity index (χ3n) is 5.33. The predicted molar refractivity (Wildman–Crippen MR) is 105 cm³/mol. The number of ether oxygens (including phenoxy) is 1. The molecule has 26 heavy (non-hydrogen) atoms. The number of hydrogen-bond acceptors (Lipinski definition) is 5. The van der Waals surface area contributed by atoms with Gasteiger partial charge >= 0.3 is 0 Å². The summed E-state index contributed by atoms with van der Waals surface area (Å²) < 4.78 is 20.2. The number of benzene rings is 1. The van der Waals surface area contributed by atoms with Crippen molar-refractivity contribution >= 4 is 28.3 Å². The lowest BCUT2D eigenvalue weighted by Gasteiger charge is -2.42. The summed E-state index contributed by atoms with van der Waals surface area (Å²) in [5.41, 5.74) is 2.50. The number of aryl methyl sites for hydroxylation is 1. The van der Waals surface area contributed by atoms with Gasteiger partial charge in [0.25, 0.3) is 0 Å². The third kappa shape index (κ3) is 2.45. The molecule has 1 aliphatic carbocycles. The molecule has 6 bridgehead atoms. The maximum Gasteiger partial charge on any atom is 0.173 e. The fourth-order valence-electron chi connectivity index (χ4n) is 4.05. The number of methoxy groups -OCH3 is 1. The normalized spacial score (nSPS) is 22.8. The summed E-state index contributed by atoms with van der Waals surface area (Å²) in [5, 5.41) is 4.55. The van der Waals surface area contributed by atoms with Crippen LogP contribution in [0.2, 0.25) is 0 Å². The van der Waals surface area contributed by atoms with E-state index in [9.17, 15) is 4.39 Å². The lowest BCUT2D eigenvalue weighted by molar-refractivity contribution is 0.323. The van der Waals surface area contributed by atoms with E-state index in [0.29, 0.717) is 11.1 Å². The number of amidine groups is 1. The van der Waals surface area contributed by atoms with Crippen molar-refractivity contribution in [3.8, 4) is 28.2 Å². The van der Waals surface area contributed by atoms with Gasteiger partial charge in [0.2, 0.25) is 0 Å². The Labute approximate surface area is 160 Å². The van der Waals surface area contributed by atoms with Crippen molar-refractivity contribution in [3.63, 3.8) is 0 Å². The molecule has 132 valence electrons. The van der Waals surface area contributed by atoms with Crippen LogP contribution >= 0.6 is 23.1 Å². The first kappa shape index (κ1) is 16.2. The molecule has 1 aromatic heterocycles. The van der Waals surface area contributed by atoms with Crippen molar-refractivity contribution in [1.82, 2.24) is 5.32 Å². The Morgan fingerprint density at radius 1 is 1.31 bits per heavy atom. The average Bonchev–Trinajstić information content (AvgIpc) is 3.08. The lowest BCUT2D eigenvalue weighted by atomic mass is 9.78. The number of nitrogens with zero attached hydrogens (tertiary/aromatic N) is 1. The first-order valence-electron chi connectivity index (χ1n) is 8.69. The molecule has 5 rings (SSSR count). The van der Waals surface area contributed by atoms with Crippen molar-refractivity contribution in [2.45, 2.75) is 31.2 Å². The largest absolute Gasteiger partial charge is 0.494 e. The molecule has 2 aliphatic heterocycles. The number of aliphatic imine (C=N–C) groups is 1. The molecule has 0 radical (unpaired) electrons. The summed E-state index contributed by atoms with van der Waals surface area (Å²) in [6.07, 6.45) is 4.32. The Bertz CT molecular complexity index is 1000. The van der Waals surface area contributed by atoms with Crippen LogP contribution in [0.25, 0.3) is 10.4 Å². The van der Waals surface area contributed by atoms with E-state index in [4.69, 9.17) is 4.74 Å². The number of halogens is 1. The maximum absolute atomic E-state index is 15.0. The number of hydrogen-bond donors (Lipinski definition) is 1. The van der Waals surface area contributed by atoms with Gasteiger partial charge in [-0.15, -0.1) is 11.3 Å². The van der Waals surface area contributed by atoms with Crippen molar-refractivity contribution in [2.75, 3.05) is 12.9 Å². The van der Waals surface area contributed by atoms with Crippen LogP contribution in [0.3, 0.4) is 0 Å². The first-order chi connectivity index (χ1) is 12.7. The van der Waals surface area contributed by atoms with Crippen molar-refractivity contribution in [3.05, 3.63) is 40.0 Å². The molecule has 0 saturated carbocycles. The molecule has 1 spiro atoms. The molecule has 2 aromatic rings. The lowest BCUT2D eigenvalue weighted by Crippen LogP contribution is -2.50. The SMILES string of the molecule is COc1cc2cc(c1F)-c1cc3c(s1)CCCC31CCSC(=NC#C2)N1. The smallest absolute Gasteiger partial charge is 0.173 e. The summed E-state index contributed by atoms with van der Waals surface area (Å²) in [6, 6.07) is 8.52. The molecule has 1 aromatic carbocycles. The molecule has 3 aliphatic rings. The zero-order valence-electron chi connectivity index (χ0n) is 14.3. The number of nitrogens with one attached hydrogen (secondary N) is 1. The highest BCUT2D eigenvalue weighted by molar-refractivity contribution is 8.13. The third-order valence-corrected chi connectivity index (χ3v) is 7.43. The Morgan fingerprint density at radius 3 is 3.12 bits per heavy atom. The standard InChI is InChI=1S/C20H17FN2OS2/c1-24-15-10-12-4-7-22-19-23-20(6-8-25-19)5-2-3-16-14(20)11-17(26-16)13(9-12)18(15)21/h9-11H,2-3,5-6,8H2,1H3,(H,22,23). The van der Waals surface area contributed by atoms with Gasteiger partial charge in [0.15, 0.2) is 16.7 Å². The van der Waals surface area contributed by atoms with E-state index in [-0.39, 0.29) is 17.1 Å². The van der Waals surface area contributed by atoms with E-state index in [1.807, 2.05) is 6.07 Å². The molecule has 1 saturated heterocycles. The van der Waals surface area contributed by atoms with Gasteiger partial charge in [0.05, 0.1) is 12.6 Å². The van der Waals surface area contributed by atoms with E-state index >= 15 is 0 Å². The van der Waals surface area contributed by atoms with Crippen molar-refractivity contribution in [1.29, 1.82) is 0 Å². The van der Waals surface area contributed by atoms with Gasteiger partial charge in [-0.05, 0) is 55.4 Å². The average molecular weight is 385 g/mol. The summed E-state index contributed by atoms with van der Waals surface area (Å²) in [7, 11) is 1.49. The fourth-order valence-corrected chi connectivity index (χ4v) is 6.39. The molecular weight excluding hydrogens is 367 g/mol. The molecule has 3 heterocycles. The van der Waals surface area contributed by atoms with Crippen LogP contribution in [0, 0.1) is 17.8 Å². The highest BCUT2D eigenvalue weighted by Gasteiger charge is 2.41. The molecular formula is C20H17FN2OS2. The van der Waals surface area contributed by atoms with Crippen LogP contribution in [0.15, 0.2) is 23.2 Å². The van der Waals surface area contributed by atoms with E-state index in [2.05, 4.69) is 28.3 Å². The predicted octanol–water partition coefficient (Wildman–Crippen LogP) is 4.50. The topological polar surface area (TPSA) is 33.6 Å². The van der Waals surface area contributed by atoms with Crippen LogP contribution in [-0.4, -0.2) is 18.0 Å². The van der Waals surface area contributed by atoms with E-state index in [0.717, 1.165) is 41.5 Å². The van der Waals surface area contributed by atoms with E-state index < -0.39 is 0 Å². The van der Waals surface area contributed by atoms with Crippen LogP contribution in [0.1, 0.15) is 35.3 Å². The van der Waals surface area contributed by atoms with Gasteiger partial charge in [-0.25, -0.2) is 4.39 Å². The summed E-state index contributed by atoms with van der Waals surface area (Å²) >= 11 is 3.42. The van der Waals surface area contributed by atoms with Gasteiger partial charge in [-0.2, -0.15) is 4.99 Å². The van der Waals surface area contributed by atoms with Gasteiger partial charge in [0.1, 0.15) is 0 Å². The fraction of sp³-hybridized carbons (Fsp3) is 0.350. The van der Waals surface area contributed by atoms with Gasteiger partial charge in [-0.3, -0.25) is 0 Å². The van der Waals surface area contributed by atoms with Crippen LogP contribution in [0.5, 0.6) is 5.75 Å². The zero-order chi connectivity index (χ0) is 17.7. The summed E-state index contributed by atoms with van der Waals surface area (Å²) in [4.78, 5) is 6.76. The molecule has 1 fully saturated rings. The second-order valence-electron chi connectivity index (χ2n) is 6.80. The van der Waals surface area contributed by atoms with E-state index in [1.54, 1.807) is 29.2 Å². The second kappa shape index (κ2) is 6.04. The second-order valence-corrected chi connectivity index (χ2v) is 9.02. The van der Waals surface area contributed by atoms with Crippen LogP contribution < -0.4 is 10.1 Å². The minimum atomic E-state index is -0.320. The summed E-state index contributed by atoms with van der Waals surface area (Å²) in [6.45, 7) is 0. The zero-order valence-corrected chi connectivity index (χ0v) is 16.0. The molecule has 1 atom stereocenters. The van der Waals surface area contributed by atoms with Gasteiger partial charge in [0, 0.05) is 32.7 Å². The number of fused-ring (bicyclic) bond motifs is 5. The van der Waals surface area contributed by atoms with Crippen LogP contribution in [-0.2, 0) is 12.0 Å².